The third-order valence-corrected chi connectivity index (χ3v) is 6.18. The van der Waals surface area contributed by atoms with Gasteiger partial charge in [0.25, 0.3) is 5.69 Å². The third kappa shape index (κ3) is 5.72. The largest absolute Gasteiger partial charge is 0.495 e. The summed E-state index contributed by atoms with van der Waals surface area (Å²) in [6.45, 7) is 7.19. The summed E-state index contributed by atoms with van der Waals surface area (Å²) < 4.78 is 30.8. The Kier molecular flexibility index (Phi) is 7.27. The minimum Gasteiger partial charge on any atom is -0.495 e. The Morgan fingerprint density at radius 2 is 1.77 bits per heavy atom. The zero-order chi connectivity index (χ0) is 23.5. The zero-order valence-corrected chi connectivity index (χ0v) is 19.2. The highest BCUT2D eigenvalue weighted by Crippen LogP contribution is 2.33. The Morgan fingerprint density at radius 3 is 2.32 bits per heavy atom. The molecule has 2 rings (SSSR count). The average Bonchev–Trinajstić information content (AvgIpc) is 2.67. The zero-order valence-electron chi connectivity index (χ0n) is 18.4. The summed E-state index contributed by atoms with van der Waals surface area (Å²) in [5.74, 6) is -0.453. The molecule has 168 valence electrons. The molecule has 1 atom stereocenters. The van der Waals surface area contributed by atoms with Crippen molar-refractivity contribution in [2.75, 3.05) is 24.2 Å². The fraction of sp³-hybridized carbons (Fsp3) is 0.381. The van der Waals surface area contributed by atoms with E-state index in [2.05, 4.69) is 5.32 Å². The molecule has 9 nitrogen and oxygen atoms in total. The van der Waals surface area contributed by atoms with E-state index < -0.39 is 27.4 Å². The van der Waals surface area contributed by atoms with Crippen molar-refractivity contribution < 1.29 is 22.9 Å². The van der Waals surface area contributed by atoms with Crippen LogP contribution in [-0.4, -0.2) is 39.2 Å². The molecule has 0 aliphatic heterocycles. The molecule has 2 aromatic carbocycles. The van der Waals surface area contributed by atoms with Gasteiger partial charge in [-0.3, -0.25) is 19.2 Å². The Morgan fingerprint density at radius 1 is 1.16 bits per heavy atom. The first-order chi connectivity index (χ1) is 14.3. The molecule has 0 saturated heterocycles. The lowest BCUT2D eigenvalue weighted by molar-refractivity contribution is -0.384. The van der Waals surface area contributed by atoms with Crippen LogP contribution < -0.4 is 14.4 Å². The van der Waals surface area contributed by atoms with Crippen LogP contribution >= 0.6 is 0 Å². The number of rotatable bonds is 8. The normalized spacial score (nSPS) is 12.2. The number of nitro groups is 1. The molecule has 1 amide bonds. The highest BCUT2D eigenvalue weighted by atomic mass is 32.2. The number of anilines is 1. The van der Waals surface area contributed by atoms with Crippen LogP contribution in [0.1, 0.15) is 35.2 Å². The average molecular weight is 450 g/mol. The van der Waals surface area contributed by atoms with Crippen LogP contribution in [-0.2, 0) is 14.8 Å². The SMILES string of the molecule is COc1ccc([N+](=O)[O-])cc1N(CC(=O)NC(C)c1cc(C)c(C)cc1C)S(C)(=O)=O. The van der Waals surface area contributed by atoms with Gasteiger partial charge in [-0.1, -0.05) is 12.1 Å². The smallest absolute Gasteiger partial charge is 0.271 e. The standard InChI is InChI=1S/C21H27N3O6S/c1-13-9-15(3)18(10-14(13)2)16(4)22-21(25)12-23(31(6,28)29)19-11-17(24(26)27)7-8-20(19)30-5/h7-11,16H,12H2,1-6H3,(H,22,25). The number of aryl methyl sites for hydroxylation is 3. The molecule has 0 heterocycles. The number of carbonyl (C=O) groups is 1. The lowest BCUT2D eigenvalue weighted by Gasteiger charge is -2.25. The first-order valence-electron chi connectivity index (χ1n) is 9.52. The molecule has 0 fully saturated rings. The van der Waals surface area contributed by atoms with Crippen molar-refractivity contribution in [3.05, 3.63) is 62.7 Å². The third-order valence-electron chi connectivity index (χ3n) is 5.06. The Labute approximate surface area is 182 Å². The summed E-state index contributed by atoms with van der Waals surface area (Å²) in [5, 5.41) is 14.0. The predicted octanol–water partition coefficient (Wildman–Crippen LogP) is 3.17. The minimum atomic E-state index is -3.94. The number of methoxy groups -OCH3 is 1. The Bertz CT molecular complexity index is 1110. The second-order valence-corrected chi connectivity index (χ2v) is 9.37. The van der Waals surface area contributed by atoms with E-state index in [-0.39, 0.29) is 23.2 Å². The van der Waals surface area contributed by atoms with Gasteiger partial charge in [0.15, 0.2) is 0 Å². The molecule has 0 spiro atoms. The van der Waals surface area contributed by atoms with Crippen LogP contribution in [0.25, 0.3) is 0 Å². The van der Waals surface area contributed by atoms with Gasteiger partial charge in [0.2, 0.25) is 15.9 Å². The molecule has 0 aliphatic rings. The lowest BCUT2D eigenvalue weighted by atomic mass is 9.96. The number of carbonyl (C=O) groups excluding carboxylic acids is 1. The Hall–Kier alpha value is -3.14. The summed E-state index contributed by atoms with van der Waals surface area (Å²) >= 11 is 0. The first kappa shape index (κ1) is 24.1. The van der Waals surface area contributed by atoms with Crippen molar-refractivity contribution in [2.45, 2.75) is 33.7 Å². The van der Waals surface area contributed by atoms with E-state index in [1.165, 1.54) is 19.2 Å². The van der Waals surface area contributed by atoms with Gasteiger partial charge in [-0.2, -0.15) is 0 Å². The summed E-state index contributed by atoms with van der Waals surface area (Å²) in [4.78, 5) is 23.3. The van der Waals surface area contributed by atoms with Gasteiger partial charge in [0.1, 0.15) is 18.0 Å². The highest BCUT2D eigenvalue weighted by molar-refractivity contribution is 7.92. The maximum atomic E-state index is 12.7. The van der Waals surface area contributed by atoms with Crippen molar-refractivity contribution in [3.8, 4) is 5.75 Å². The second kappa shape index (κ2) is 9.34. The topological polar surface area (TPSA) is 119 Å². The van der Waals surface area contributed by atoms with Crippen LogP contribution in [0.5, 0.6) is 5.75 Å². The van der Waals surface area contributed by atoms with Crippen LogP contribution in [0.15, 0.2) is 30.3 Å². The molecule has 0 saturated carbocycles. The number of amides is 1. The van der Waals surface area contributed by atoms with Gasteiger partial charge in [0, 0.05) is 12.1 Å². The van der Waals surface area contributed by atoms with Crippen molar-refractivity contribution in [1.29, 1.82) is 0 Å². The molecule has 0 bridgehead atoms. The molecule has 31 heavy (non-hydrogen) atoms. The maximum Gasteiger partial charge on any atom is 0.271 e. The number of non-ortho nitro benzene ring substituents is 1. The summed E-state index contributed by atoms with van der Waals surface area (Å²) in [7, 11) is -2.62. The van der Waals surface area contributed by atoms with E-state index in [9.17, 15) is 23.3 Å². The molecule has 0 radical (unpaired) electrons. The summed E-state index contributed by atoms with van der Waals surface area (Å²) in [6, 6.07) is 7.24. The van der Waals surface area contributed by atoms with Gasteiger partial charge in [-0.15, -0.1) is 0 Å². The van der Waals surface area contributed by atoms with Crippen LogP contribution in [0.4, 0.5) is 11.4 Å². The summed E-state index contributed by atoms with van der Waals surface area (Å²) in [6.07, 6.45) is 0.926. The van der Waals surface area contributed by atoms with Crippen molar-refractivity contribution in [1.82, 2.24) is 5.32 Å². The van der Waals surface area contributed by atoms with Crippen molar-refractivity contribution in [2.24, 2.45) is 0 Å². The van der Waals surface area contributed by atoms with E-state index >= 15 is 0 Å². The molecular formula is C21H27N3O6S. The number of sulfonamides is 1. The quantitative estimate of drug-likeness (QED) is 0.488. The predicted molar refractivity (Wildman–Crippen MR) is 119 cm³/mol. The van der Waals surface area contributed by atoms with Gasteiger partial charge < -0.3 is 10.1 Å². The fourth-order valence-electron chi connectivity index (χ4n) is 3.31. The fourth-order valence-corrected chi connectivity index (χ4v) is 4.16. The summed E-state index contributed by atoms with van der Waals surface area (Å²) in [5.41, 5.74) is 3.77. The Balaban J connectivity index is 2.34. The lowest BCUT2D eigenvalue weighted by Crippen LogP contribution is -2.41. The molecule has 10 heteroatoms. The minimum absolute atomic E-state index is 0.0793. The second-order valence-electron chi connectivity index (χ2n) is 7.47. The number of nitrogens with one attached hydrogen (secondary N) is 1. The van der Waals surface area contributed by atoms with E-state index in [0.717, 1.165) is 38.9 Å². The van der Waals surface area contributed by atoms with Crippen LogP contribution in [0.2, 0.25) is 0 Å². The molecule has 2 aromatic rings. The van der Waals surface area contributed by atoms with E-state index in [1.54, 1.807) is 0 Å². The first-order valence-corrected chi connectivity index (χ1v) is 11.4. The van der Waals surface area contributed by atoms with E-state index in [0.29, 0.717) is 0 Å². The van der Waals surface area contributed by atoms with Crippen molar-refractivity contribution >= 4 is 27.3 Å². The molecule has 1 N–H and O–H groups in total. The molecular weight excluding hydrogens is 422 g/mol. The number of nitrogens with zero attached hydrogens (tertiary/aromatic N) is 2. The van der Waals surface area contributed by atoms with Crippen LogP contribution in [0, 0.1) is 30.9 Å². The molecule has 0 aliphatic carbocycles. The van der Waals surface area contributed by atoms with Gasteiger partial charge in [-0.05, 0) is 56.0 Å². The van der Waals surface area contributed by atoms with Gasteiger partial charge >= 0.3 is 0 Å². The van der Waals surface area contributed by atoms with Crippen molar-refractivity contribution in [3.63, 3.8) is 0 Å². The number of benzene rings is 2. The van der Waals surface area contributed by atoms with E-state index in [4.69, 9.17) is 4.74 Å². The molecule has 0 aromatic heterocycles. The highest BCUT2D eigenvalue weighted by Gasteiger charge is 2.27. The van der Waals surface area contributed by atoms with E-state index in [1.807, 2.05) is 39.8 Å². The van der Waals surface area contributed by atoms with Crippen LogP contribution in [0.3, 0.4) is 0 Å². The van der Waals surface area contributed by atoms with Gasteiger partial charge in [0.05, 0.1) is 24.3 Å². The maximum absolute atomic E-state index is 12.7. The molecule has 1 unspecified atom stereocenters. The number of hydrogen-bond acceptors (Lipinski definition) is 6. The number of nitro benzene ring substituents is 1. The van der Waals surface area contributed by atoms with Gasteiger partial charge in [-0.25, -0.2) is 8.42 Å². The number of hydrogen-bond donors (Lipinski definition) is 1. The number of ether oxygens (including phenoxy) is 1. The monoisotopic (exact) mass is 449 g/mol.